The maximum Gasteiger partial charge on any atom is 1.00 e. The van der Waals surface area contributed by atoms with Crippen LogP contribution in [-0.4, -0.2) is 41.5 Å². The van der Waals surface area contributed by atoms with E-state index >= 15 is 0 Å². The van der Waals surface area contributed by atoms with Crippen LogP contribution < -0.4 is 56.1 Å². The summed E-state index contributed by atoms with van der Waals surface area (Å²) >= 11 is 11.7. The molecule has 0 aliphatic rings. The van der Waals surface area contributed by atoms with Gasteiger partial charge in [-0.05, 0) is 80.6 Å². The molecular weight excluding hydrogens is 869 g/mol. The number of phenolic OH excluding ortho intramolecular Hbond substituents is 1. The van der Waals surface area contributed by atoms with Crippen LogP contribution in [0.2, 0.25) is 10.0 Å². The molecule has 56 heavy (non-hydrogen) atoms. The number of sulfonamides is 2. The van der Waals surface area contributed by atoms with Crippen molar-refractivity contribution in [2.24, 2.45) is 25.6 Å². The number of primary sulfonamides is 1. The molecule has 0 unspecified atom stereocenters. The van der Waals surface area contributed by atoms with Gasteiger partial charge >= 0.3 is 39.6 Å². The normalized spacial score (nSPS) is 11.5. The van der Waals surface area contributed by atoms with E-state index in [4.69, 9.17) is 28.3 Å². The second-order valence-corrected chi connectivity index (χ2v) is 15.4. The molecule has 24 heteroatoms. The summed E-state index contributed by atoms with van der Waals surface area (Å²) < 4.78 is 48.5. The van der Waals surface area contributed by atoms with Crippen LogP contribution in [0.15, 0.2) is 125 Å². The molecule has 0 saturated carbocycles. The molecule has 4 aromatic carbocycles. The van der Waals surface area contributed by atoms with Crippen molar-refractivity contribution in [3.05, 3.63) is 127 Å². The van der Waals surface area contributed by atoms with Gasteiger partial charge in [0.25, 0.3) is 11.1 Å². The van der Waals surface area contributed by atoms with Gasteiger partial charge in [0.05, 0.1) is 33.3 Å². The number of aromatic amines is 2. The molecule has 2 heterocycles. The predicted molar refractivity (Wildman–Crippen MR) is 196 cm³/mol. The van der Waals surface area contributed by atoms with Crippen molar-refractivity contribution >= 4 is 66.0 Å². The summed E-state index contributed by atoms with van der Waals surface area (Å²) in [5, 5.41) is 51.4. The summed E-state index contributed by atoms with van der Waals surface area (Å²) in [5.74, 6) is -0.525. The Hall–Kier alpha value is -4.39. The van der Waals surface area contributed by atoms with Crippen LogP contribution in [0.25, 0.3) is 11.4 Å². The second kappa shape index (κ2) is 18.7. The Kier molecular flexibility index (Phi) is 15.4. The summed E-state index contributed by atoms with van der Waals surface area (Å²) in [6.07, 6.45) is 0. The van der Waals surface area contributed by atoms with Crippen LogP contribution in [0.1, 0.15) is 11.4 Å². The monoisotopic (exact) mass is 896 g/mol. The van der Waals surface area contributed by atoms with E-state index in [9.17, 15) is 36.6 Å². The number of nitrogens with zero attached hydrogens (tertiary/aromatic N) is 6. The average molecular weight is 898 g/mol. The van der Waals surface area contributed by atoms with Gasteiger partial charge in [-0.1, -0.05) is 47.2 Å². The molecule has 0 bridgehead atoms. The first-order valence-electron chi connectivity index (χ1n) is 15.1. The number of nitrogens with one attached hydrogen (secondary N) is 2. The van der Waals surface area contributed by atoms with E-state index in [2.05, 4.69) is 35.8 Å². The number of aryl methyl sites for hydroxylation is 2. The van der Waals surface area contributed by atoms with Crippen molar-refractivity contribution in [2.75, 3.05) is 0 Å². The quantitative estimate of drug-likeness (QED) is 0.110. The molecule has 6 rings (SSSR count). The zero-order valence-electron chi connectivity index (χ0n) is 29.3. The third kappa shape index (κ3) is 10.9. The smallest absolute Gasteiger partial charge is 0.871 e. The Morgan fingerprint density at radius 2 is 1.16 bits per heavy atom. The van der Waals surface area contributed by atoms with Gasteiger partial charge < -0.3 is 10.2 Å². The SMILES string of the molecule is Cc1[nH]n(-c2cccc(S(N)(=O)=O)c2)c(=O)c1N=Nc1cc(Cl)ccc1[O-].Cc1[nH]n(-c2cccc(S([NH3+])(=O)=O)c2)c(=O)c1N=Nc1cc(Cl)ccc1O.[Co].[Na+]. The molecule has 8 N–H and O–H groups in total. The van der Waals surface area contributed by atoms with Crippen LogP contribution in [0.3, 0.4) is 0 Å². The van der Waals surface area contributed by atoms with E-state index in [-0.39, 0.29) is 90.3 Å². The first-order chi connectivity index (χ1) is 25.3. The number of nitrogens with two attached hydrogens (primary N) is 1. The first-order valence-corrected chi connectivity index (χ1v) is 19.0. The molecule has 1 radical (unpaired) electrons. The number of phenols is 1. The Morgan fingerprint density at radius 3 is 1.66 bits per heavy atom. The van der Waals surface area contributed by atoms with Crippen LogP contribution in [-0.2, 0) is 36.8 Å². The van der Waals surface area contributed by atoms with Gasteiger partial charge in [0.15, 0.2) is 11.4 Å². The fourth-order valence-corrected chi connectivity index (χ4v) is 6.12. The van der Waals surface area contributed by atoms with Crippen LogP contribution >= 0.6 is 23.2 Å². The number of rotatable bonds is 8. The van der Waals surface area contributed by atoms with E-state index in [1.54, 1.807) is 19.9 Å². The van der Waals surface area contributed by atoms with Crippen molar-refractivity contribution in [2.45, 2.75) is 23.6 Å². The molecule has 0 atom stereocenters. The number of H-pyrrole nitrogens is 2. The van der Waals surface area contributed by atoms with Crippen molar-refractivity contribution in [1.29, 1.82) is 0 Å². The number of aromatic hydroxyl groups is 1. The fourth-order valence-electron chi connectivity index (χ4n) is 4.64. The van der Waals surface area contributed by atoms with Gasteiger partial charge in [0.1, 0.15) is 16.3 Å². The van der Waals surface area contributed by atoms with Crippen LogP contribution in [0.4, 0.5) is 22.7 Å². The number of quaternary nitrogens is 1. The topological polar surface area (TPSA) is 290 Å². The van der Waals surface area contributed by atoms with Gasteiger partial charge in [-0.15, -0.1) is 15.3 Å². The first kappa shape index (κ1) is 46.0. The van der Waals surface area contributed by atoms with E-state index < -0.39 is 36.9 Å². The molecule has 0 fully saturated rings. The largest absolute Gasteiger partial charge is 1.00 e. The maximum atomic E-state index is 12.6. The van der Waals surface area contributed by atoms with E-state index in [0.717, 1.165) is 9.36 Å². The fraction of sp³-hybridized carbons (Fsp3) is 0.0625. The number of benzene rings is 4. The molecule has 6 aromatic rings. The standard InChI is InChI=1S/2C16H14ClN5O4S.Co.Na/c2*1-9-15(20-19-13-7-10(17)5-6-14(13)23)16(24)22(21-9)11-3-2-4-12(8-11)27(18,25)26;;/h2*2-8,21,23H,1H3,(H2,18,25,26);;/q;;;+1. The Morgan fingerprint density at radius 1 is 0.714 bits per heavy atom. The zero-order chi connectivity index (χ0) is 39.5. The van der Waals surface area contributed by atoms with E-state index in [1.807, 2.05) is 0 Å². The molecule has 18 nitrogen and oxygen atoms in total. The number of hydrogen-bond acceptors (Lipinski definition) is 12. The second-order valence-electron chi connectivity index (χ2n) is 11.3. The summed E-state index contributed by atoms with van der Waals surface area (Å²) in [5.41, 5.74) is 0.321. The molecule has 0 amide bonds. The minimum absolute atomic E-state index is 0. The summed E-state index contributed by atoms with van der Waals surface area (Å²) in [6.45, 7) is 3.21. The summed E-state index contributed by atoms with van der Waals surface area (Å²) in [7, 11) is -7.59. The van der Waals surface area contributed by atoms with Gasteiger partial charge in [0, 0.05) is 26.8 Å². The molecule has 0 aliphatic carbocycles. The van der Waals surface area contributed by atoms with Gasteiger partial charge in [-0.3, -0.25) is 19.8 Å². The molecule has 2 aromatic heterocycles. The van der Waals surface area contributed by atoms with E-state index in [1.165, 1.54) is 78.9 Å². The molecule has 0 aliphatic heterocycles. The average Bonchev–Trinajstić information content (AvgIpc) is 3.57. The Bertz CT molecular complexity index is 2630. The van der Waals surface area contributed by atoms with Crippen molar-refractivity contribution < 1.29 is 78.5 Å². The minimum Gasteiger partial charge on any atom is -0.871 e. The van der Waals surface area contributed by atoms with Crippen LogP contribution in [0, 0.1) is 13.8 Å². The number of aromatic nitrogens is 4. The van der Waals surface area contributed by atoms with Crippen LogP contribution in [0.5, 0.6) is 11.5 Å². The number of azo groups is 2. The summed E-state index contributed by atoms with van der Waals surface area (Å²) in [4.78, 5) is 25.1. The van der Waals surface area contributed by atoms with Gasteiger partial charge in [0.2, 0.25) is 10.0 Å². The molecule has 289 valence electrons. The molecule has 0 saturated heterocycles. The van der Waals surface area contributed by atoms with Crippen molar-refractivity contribution in [3.63, 3.8) is 0 Å². The maximum absolute atomic E-state index is 12.6. The minimum atomic E-state index is -3.92. The number of halogens is 2. The Balaban J connectivity index is 0.000000290. The predicted octanol–water partition coefficient (Wildman–Crippen LogP) is 1.44. The summed E-state index contributed by atoms with van der Waals surface area (Å²) in [6, 6.07) is 19.6. The zero-order valence-corrected chi connectivity index (χ0v) is 35.4. The number of hydrogen-bond donors (Lipinski definition) is 5. The van der Waals surface area contributed by atoms with E-state index in [0.29, 0.717) is 27.1 Å². The molecular formula is C32H28Cl2CoN10NaO8S2+. The van der Waals surface area contributed by atoms with Crippen molar-refractivity contribution in [1.82, 2.24) is 19.6 Å². The van der Waals surface area contributed by atoms with Gasteiger partial charge in [-0.25, -0.2) is 28.1 Å². The molecule has 0 spiro atoms. The van der Waals surface area contributed by atoms with Gasteiger partial charge in [-0.2, -0.15) is 13.5 Å². The third-order valence-corrected chi connectivity index (χ3v) is 9.65. The van der Waals surface area contributed by atoms with Crippen molar-refractivity contribution in [3.8, 4) is 22.9 Å². The Labute approximate surface area is 360 Å². The third-order valence-electron chi connectivity index (χ3n) is 7.29.